The third-order valence-electron chi connectivity index (χ3n) is 6.76. The number of nitrogens with zero attached hydrogens (tertiary/aromatic N) is 4. The van der Waals surface area contributed by atoms with E-state index in [4.69, 9.17) is 0 Å². The number of aryl methyl sites for hydroxylation is 1. The molecule has 0 aromatic carbocycles. The molecule has 0 radical (unpaired) electrons. The maximum atomic E-state index is 13.0. The third-order valence-corrected chi connectivity index (χ3v) is 7.91. The average Bonchev–Trinajstić information content (AvgIpc) is 3.29. The fraction of sp³-hybridized carbons (Fsp3) is 0.708. The summed E-state index contributed by atoms with van der Waals surface area (Å²) in [6.45, 7) is 14.7. The Labute approximate surface area is 195 Å². The Hall–Kier alpha value is -1.93. The summed E-state index contributed by atoms with van der Waals surface area (Å²) in [6, 6.07) is 2.83. The zero-order chi connectivity index (χ0) is 23.0. The quantitative estimate of drug-likeness (QED) is 0.758. The molecule has 2 aliphatic rings. The van der Waals surface area contributed by atoms with Crippen molar-refractivity contribution in [3.63, 3.8) is 0 Å². The van der Waals surface area contributed by atoms with Crippen molar-refractivity contribution >= 4 is 33.4 Å². The number of piperazine rings is 1. The number of hydrogen-bond donors (Lipinski definition) is 1. The van der Waals surface area contributed by atoms with Crippen LogP contribution in [0.25, 0.3) is 10.2 Å². The molecule has 1 aliphatic heterocycles. The van der Waals surface area contributed by atoms with Crippen LogP contribution in [0.15, 0.2) is 6.07 Å². The van der Waals surface area contributed by atoms with E-state index in [1.54, 1.807) is 18.3 Å². The van der Waals surface area contributed by atoms with E-state index in [2.05, 4.69) is 40.8 Å². The molecule has 32 heavy (non-hydrogen) atoms. The van der Waals surface area contributed by atoms with Crippen LogP contribution in [-0.4, -0.2) is 69.7 Å². The van der Waals surface area contributed by atoms with Gasteiger partial charge in [-0.2, -0.15) is 5.10 Å². The number of amides is 2. The van der Waals surface area contributed by atoms with E-state index < -0.39 is 0 Å². The minimum atomic E-state index is 0.0476. The fourth-order valence-corrected chi connectivity index (χ4v) is 6.09. The van der Waals surface area contributed by atoms with E-state index in [0.29, 0.717) is 6.04 Å². The number of rotatable bonds is 4. The first-order valence-corrected chi connectivity index (χ1v) is 12.7. The Morgan fingerprint density at radius 1 is 1.12 bits per heavy atom. The van der Waals surface area contributed by atoms with Gasteiger partial charge in [-0.25, -0.2) is 0 Å². The molecule has 0 unspecified atom stereocenters. The zero-order valence-electron chi connectivity index (χ0n) is 20.1. The molecular weight excluding hydrogens is 422 g/mol. The summed E-state index contributed by atoms with van der Waals surface area (Å²) in [7, 11) is 0. The van der Waals surface area contributed by atoms with E-state index >= 15 is 0 Å². The van der Waals surface area contributed by atoms with Crippen molar-refractivity contribution < 1.29 is 9.59 Å². The molecular formula is C24H37N5O2S. The molecule has 1 saturated heterocycles. The third kappa shape index (κ3) is 5.17. The normalized spacial score (nSPS) is 23.0. The lowest BCUT2D eigenvalue weighted by Crippen LogP contribution is -2.53. The summed E-state index contributed by atoms with van der Waals surface area (Å²) in [5.74, 6) is 0.227. The number of thiophene rings is 1. The summed E-state index contributed by atoms with van der Waals surface area (Å²) in [5, 5.41) is 9.07. The van der Waals surface area contributed by atoms with Gasteiger partial charge in [0, 0.05) is 57.1 Å². The first-order valence-electron chi connectivity index (χ1n) is 11.9. The van der Waals surface area contributed by atoms with Crippen molar-refractivity contribution in [3.05, 3.63) is 16.6 Å². The molecule has 8 heteroatoms. The van der Waals surface area contributed by atoms with Gasteiger partial charge in [-0.3, -0.25) is 19.2 Å². The van der Waals surface area contributed by atoms with Crippen molar-refractivity contribution in [2.45, 2.75) is 78.9 Å². The summed E-state index contributed by atoms with van der Waals surface area (Å²) >= 11 is 1.56. The molecule has 2 fully saturated rings. The van der Waals surface area contributed by atoms with Gasteiger partial charge in [0.1, 0.15) is 4.83 Å². The number of carbonyl (C=O) groups is 2. The average molecular weight is 460 g/mol. The summed E-state index contributed by atoms with van der Waals surface area (Å²) < 4.78 is 2.06. The van der Waals surface area contributed by atoms with Crippen molar-refractivity contribution in [1.82, 2.24) is 24.9 Å². The first kappa shape index (κ1) is 23.2. The van der Waals surface area contributed by atoms with Crippen LogP contribution in [0.2, 0.25) is 0 Å². The molecule has 1 aliphatic carbocycles. The van der Waals surface area contributed by atoms with Crippen molar-refractivity contribution in [2.75, 3.05) is 26.2 Å². The van der Waals surface area contributed by atoms with Gasteiger partial charge in [-0.1, -0.05) is 20.8 Å². The smallest absolute Gasteiger partial charge is 0.261 e. The van der Waals surface area contributed by atoms with E-state index in [9.17, 15) is 9.59 Å². The van der Waals surface area contributed by atoms with Crippen LogP contribution in [0.3, 0.4) is 0 Å². The molecule has 176 valence electrons. The molecule has 7 nitrogen and oxygen atoms in total. The highest BCUT2D eigenvalue weighted by atomic mass is 32.1. The van der Waals surface area contributed by atoms with Gasteiger partial charge < -0.3 is 10.2 Å². The monoisotopic (exact) mass is 459 g/mol. The zero-order valence-corrected chi connectivity index (χ0v) is 20.9. The summed E-state index contributed by atoms with van der Waals surface area (Å²) in [6.07, 6.45) is 4.25. The first-order chi connectivity index (χ1) is 15.1. The van der Waals surface area contributed by atoms with Crippen LogP contribution in [0, 0.1) is 12.3 Å². The van der Waals surface area contributed by atoms with Gasteiger partial charge in [0.05, 0.1) is 10.6 Å². The SMILES string of the molecule is CC(=O)N1CCN(C2CCC(NC(=O)c3cc4c(C)nn(CC(C)(C)C)c4s3)CC2)CC1. The Bertz CT molecular complexity index is 973. The topological polar surface area (TPSA) is 70.5 Å². The number of aromatic nitrogens is 2. The summed E-state index contributed by atoms with van der Waals surface area (Å²) in [5.41, 5.74) is 1.12. The molecule has 3 heterocycles. The second-order valence-corrected chi connectivity index (χ2v) is 11.7. The minimum Gasteiger partial charge on any atom is -0.349 e. The molecule has 2 aromatic rings. The Morgan fingerprint density at radius 2 is 1.78 bits per heavy atom. The van der Waals surface area contributed by atoms with Crippen LogP contribution in [0.4, 0.5) is 0 Å². The van der Waals surface area contributed by atoms with Gasteiger partial charge in [0.2, 0.25) is 5.91 Å². The number of hydrogen-bond acceptors (Lipinski definition) is 5. The summed E-state index contributed by atoms with van der Waals surface area (Å²) in [4.78, 5) is 30.9. The highest BCUT2D eigenvalue weighted by molar-refractivity contribution is 7.20. The van der Waals surface area contributed by atoms with Crippen LogP contribution >= 0.6 is 11.3 Å². The Balaban J connectivity index is 1.32. The van der Waals surface area contributed by atoms with Crippen LogP contribution in [0.5, 0.6) is 0 Å². The molecule has 1 N–H and O–H groups in total. The molecule has 2 aromatic heterocycles. The van der Waals surface area contributed by atoms with Gasteiger partial charge in [-0.05, 0) is 44.1 Å². The highest BCUT2D eigenvalue weighted by Gasteiger charge is 2.30. The van der Waals surface area contributed by atoms with Gasteiger partial charge in [-0.15, -0.1) is 11.3 Å². The van der Waals surface area contributed by atoms with Gasteiger partial charge in [0.15, 0.2) is 0 Å². The van der Waals surface area contributed by atoms with E-state index in [-0.39, 0.29) is 23.3 Å². The fourth-order valence-electron chi connectivity index (χ4n) is 5.02. The van der Waals surface area contributed by atoms with E-state index in [1.165, 1.54) is 0 Å². The largest absolute Gasteiger partial charge is 0.349 e. The van der Waals surface area contributed by atoms with Crippen molar-refractivity contribution in [3.8, 4) is 0 Å². The Morgan fingerprint density at radius 3 is 2.38 bits per heavy atom. The van der Waals surface area contributed by atoms with Crippen molar-refractivity contribution in [2.24, 2.45) is 5.41 Å². The Kier molecular flexibility index (Phi) is 6.63. The molecule has 0 atom stereocenters. The second-order valence-electron chi connectivity index (χ2n) is 10.7. The standard InChI is InChI=1S/C24H37N5O2S/c1-16-20-14-21(32-23(20)29(26-16)15-24(3,4)5)22(31)25-18-6-8-19(9-7-18)28-12-10-27(11-13-28)17(2)30/h14,18-19H,6-13,15H2,1-5H3,(H,25,31). The number of carbonyl (C=O) groups excluding carboxylic acids is 2. The molecule has 2 amide bonds. The van der Waals surface area contributed by atoms with Gasteiger partial charge in [0.25, 0.3) is 5.91 Å². The maximum Gasteiger partial charge on any atom is 0.261 e. The van der Waals surface area contributed by atoms with E-state index in [1.807, 2.05) is 17.9 Å². The lowest BCUT2D eigenvalue weighted by atomic mass is 9.89. The van der Waals surface area contributed by atoms with Crippen LogP contribution in [0.1, 0.15) is 68.7 Å². The van der Waals surface area contributed by atoms with Crippen molar-refractivity contribution in [1.29, 1.82) is 0 Å². The van der Waals surface area contributed by atoms with Gasteiger partial charge >= 0.3 is 0 Å². The van der Waals surface area contributed by atoms with Crippen LogP contribution in [-0.2, 0) is 11.3 Å². The molecule has 1 saturated carbocycles. The molecule has 0 spiro atoms. The maximum absolute atomic E-state index is 13.0. The van der Waals surface area contributed by atoms with Crippen LogP contribution < -0.4 is 5.32 Å². The molecule has 4 rings (SSSR count). The number of nitrogens with one attached hydrogen (secondary N) is 1. The predicted octanol–water partition coefficient (Wildman–Crippen LogP) is 3.66. The highest BCUT2D eigenvalue weighted by Crippen LogP contribution is 2.31. The predicted molar refractivity (Wildman–Crippen MR) is 129 cm³/mol. The van der Waals surface area contributed by atoms with E-state index in [0.717, 1.165) is 79.2 Å². The second kappa shape index (κ2) is 9.14. The molecule has 0 bridgehead atoms. The lowest BCUT2D eigenvalue weighted by molar-refractivity contribution is -0.131. The minimum absolute atomic E-state index is 0.0476. The number of fused-ring (bicyclic) bond motifs is 1. The lowest BCUT2D eigenvalue weighted by Gasteiger charge is -2.41.